The highest BCUT2D eigenvalue weighted by Gasteiger charge is 2.30. The first kappa shape index (κ1) is 13.0. The van der Waals surface area contributed by atoms with E-state index in [1.807, 2.05) is 10.8 Å². The molecule has 0 spiro atoms. The summed E-state index contributed by atoms with van der Waals surface area (Å²) in [4.78, 5) is 4.36. The van der Waals surface area contributed by atoms with Gasteiger partial charge in [0, 0.05) is 18.4 Å². The predicted molar refractivity (Wildman–Crippen MR) is 75.0 cm³/mol. The van der Waals surface area contributed by atoms with Gasteiger partial charge in [-0.2, -0.15) is 0 Å². The monoisotopic (exact) mass is 283 g/mol. The van der Waals surface area contributed by atoms with Gasteiger partial charge in [-0.25, -0.2) is 13.4 Å². The predicted octanol–water partition coefficient (Wildman–Crippen LogP) is 1.99. The molecular formula is C13H21N3O2S. The maximum absolute atomic E-state index is 11.6. The van der Waals surface area contributed by atoms with Crippen LogP contribution in [0, 0.1) is 0 Å². The van der Waals surface area contributed by atoms with Crippen molar-refractivity contribution in [2.45, 2.75) is 50.6 Å². The van der Waals surface area contributed by atoms with E-state index in [1.54, 1.807) is 6.20 Å². The Morgan fingerprint density at radius 3 is 2.68 bits per heavy atom. The van der Waals surface area contributed by atoms with Crippen molar-refractivity contribution in [3.8, 4) is 0 Å². The van der Waals surface area contributed by atoms with Gasteiger partial charge in [0.05, 0.1) is 17.5 Å². The Balaban J connectivity index is 1.71. The minimum atomic E-state index is -2.85. The SMILES string of the molecule is O=S1(=O)CCC(n2ccnc2NC2CCCCC2)C1. The molecule has 1 saturated heterocycles. The van der Waals surface area contributed by atoms with E-state index in [2.05, 4.69) is 10.3 Å². The molecule has 106 valence electrons. The van der Waals surface area contributed by atoms with Gasteiger partial charge in [0.25, 0.3) is 0 Å². The second-order valence-electron chi connectivity index (χ2n) is 5.69. The van der Waals surface area contributed by atoms with Gasteiger partial charge >= 0.3 is 0 Å². The molecule has 1 N–H and O–H groups in total. The molecule has 1 atom stereocenters. The highest BCUT2D eigenvalue weighted by molar-refractivity contribution is 7.91. The summed E-state index contributed by atoms with van der Waals surface area (Å²) in [6.07, 6.45) is 10.6. The standard InChI is InChI=1S/C13H21N3O2S/c17-19(18)9-6-12(10-19)16-8-7-14-13(16)15-11-4-2-1-3-5-11/h7-8,11-12H,1-6,9-10H2,(H,14,15). The number of rotatable bonds is 3. The van der Waals surface area contributed by atoms with E-state index >= 15 is 0 Å². The van der Waals surface area contributed by atoms with Gasteiger partial charge in [-0.3, -0.25) is 0 Å². The lowest BCUT2D eigenvalue weighted by Gasteiger charge is -2.24. The van der Waals surface area contributed by atoms with Gasteiger partial charge in [-0.1, -0.05) is 19.3 Å². The molecule has 2 aliphatic rings. The maximum Gasteiger partial charge on any atom is 0.203 e. The van der Waals surface area contributed by atoms with Gasteiger partial charge < -0.3 is 9.88 Å². The molecule has 1 aliphatic heterocycles. The average molecular weight is 283 g/mol. The molecule has 0 aromatic carbocycles. The van der Waals surface area contributed by atoms with Crippen LogP contribution in [0.25, 0.3) is 0 Å². The third-order valence-corrected chi connectivity index (χ3v) is 5.96. The van der Waals surface area contributed by atoms with Crippen LogP contribution in [0.5, 0.6) is 0 Å². The highest BCUT2D eigenvalue weighted by atomic mass is 32.2. The van der Waals surface area contributed by atoms with Gasteiger partial charge in [0.2, 0.25) is 5.95 Å². The van der Waals surface area contributed by atoms with Crippen LogP contribution in [-0.4, -0.2) is 35.5 Å². The summed E-state index contributed by atoms with van der Waals surface area (Å²) in [7, 11) is -2.85. The first-order valence-electron chi connectivity index (χ1n) is 7.14. The van der Waals surface area contributed by atoms with Crippen molar-refractivity contribution in [1.82, 2.24) is 9.55 Å². The van der Waals surface area contributed by atoms with Crippen LogP contribution in [0.2, 0.25) is 0 Å². The molecule has 5 nitrogen and oxygen atoms in total. The fourth-order valence-electron chi connectivity index (χ4n) is 3.14. The Hall–Kier alpha value is -1.04. The van der Waals surface area contributed by atoms with E-state index in [4.69, 9.17) is 0 Å². The van der Waals surface area contributed by atoms with Crippen molar-refractivity contribution in [2.75, 3.05) is 16.8 Å². The lowest BCUT2D eigenvalue weighted by atomic mass is 9.96. The molecule has 1 aromatic rings. The quantitative estimate of drug-likeness (QED) is 0.921. The minimum Gasteiger partial charge on any atom is -0.353 e. The van der Waals surface area contributed by atoms with Crippen LogP contribution >= 0.6 is 0 Å². The van der Waals surface area contributed by atoms with E-state index in [9.17, 15) is 8.42 Å². The molecule has 1 unspecified atom stereocenters. The van der Waals surface area contributed by atoms with Crippen LogP contribution in [0.1, 0.15) is 44.6 Å². The van der Waals surface area contributed by atoms with E-state index in [0.717, 1.165) is 5.95 Å². The Bertz CT molecular complexity index is 532. The second-order valence-corrected chi connectivity index (χ2v) is 7.92. The van der Waals surface area contributed by atoms with Crippen molar-refractivity contribution in [3.05, 3.63) is 12.4 Å². The zero-order valence-electron chi connectivity index (χ0n) is 11.1. The normalized spacial score (nSPS) is 27.5. The first-order chi connectivity index (χ1) is 9.14. The molecule has 2 fully saturated rings. The van der Waals surface area contributed by atoms with Crippen LogP contribution in [-0.2, 0) is 9.84 Å². The van der Waals surface area contributed by atoms with E-state index in [1.165, 1.54) is 32.1 Å². The number of anilines is 1. The molecule has 0 radical (unpaired) electrons. The summed E-state index contributed by atoms with van der Waals surface area (Å²) < 4.78 is 25.2. The van der Waals surface area contributed by atoms with Crippen molar-refractivity contribution in [2.24, 2.45) is 0 Å². The lowest BCUT2D eigenvalue weighted by molar-refractivity contribution is 0.456. The van der Waals surface area contributed by atoms with Gasteiger partial charge in [0.1, 0.15) is 0 Å². The second kappa shape index (κ2) is 5.15. The molecule has 2 heterocycles. The fraction of sp³-hybridized carbons (Fsp3) is 0.769. The summed E-state index contributed by atoms with van der Waals surface area (Å²) >= 11 is 0. The van der Waals surface area contributed by atoms with Crippen LogP contribution in [0.15, 0.2) is 12.4 Å². The number of aromatic nitrogens is 2. The molecular weight excluding hydrogens is 262 g/mol. The van der Waals surface area contributed by atoms with E-state index < -0.39 is 9.84 Å². The molecule has 0 amide bonds. The summed E-state index contributed by atoms with van der Waals surface area (Å²) in [6.45, 7) is 0. The van der Waals surface area contributed by atoms with E-state index in [0.29, 0.717) is 18.2 Å². The molecule has 1 saturated carbocycles. The number of hydrogen-bond donors (Lipinski definition) is 1. The molecule has 0 bridgehead atoms. The van der Waals surface area contributed by atoms with Crippen molar-refractivity contribution in [1.29, 1.82) is 0 Å². The largest absolute Gasteiger partial charge is 0.353 e. The average Bonchev–Trinajstić information content (AvgIpc) is 2.97. The fourth-order valence-corrected chi connectivity index (χ4v) is 4.86. The number of nitrogens with one attached hydrogen (secondary N) is 1. The summed E-state index contributed by atoms with van der Waals surface area (Å²) in [5.74, 6) is 1.40. The van der Waals surface area contributed by atoms with Gasteiger partial charge in [-0.05, 0) is 19.3 Å². The lowest BCUT2D eigenvalue weighted by Crippen LogP contribution is -2.25. The summed E-state index contributed by atoms with van der Waals surface area (Å²) in [5, 5.41) is 3.49. The maximum atomic E-state index is 11.6. The minimum absolute atomic E-state index is 0.0543. The zero-order chi connectivity index (χ0) is 13.3. The highest BCUT2D eigenvalue weighted by Crippen LogP contribution is 2.28. The molecule has 1 aromatic heterocycles. The van der Waals surface area contributed by atoms with Gasteiger partial charge in [-0.15, -0.1) is 0 Å². The van der Waals surface area contributed by atoms with Crippen molar-refractivity contribution >= 4 is 15.8 Å². The van der Waals surface area contributed by atoms with Gasteiger partial charge in [0.15, 0.2) is 9.84 Å². The Morgan fingerprint density at radius 1 is 1.21 bits per heavy atom. The molecule has 1 aliphatic carbocycles. The molecule has 6 heteroatoms. The molecule has 19 heavy (non-hydrogen) atoms. The Kier molecular flexibility index (Phi) is 3.52. The smallest absolute Gasteiger partial charge is 0.203 e. The Morgan fingerprint density at radius 2 is 2.00 bits per heavy atom. The zero-order valence-corrected chi connectivity index (χ0v) is 11.9. The van der Waals surface area contributed by atoms with Crippen molar-refractivity contribution in [3.63, 3.8) is 0 Å². The van der Waals surface area contributed by atoms with E-state index in [-0.39, 0.29) is 11.8 Å². The van der Waals surface area contributed by atoms with Crippen molar-refractivity contribution < 1.29 is 8.42 Å². The number of nitrogens with zero attached hydrogens (tertiary/aromatic N) is 2. The summed E-state index contributed by atoms with van der Waals surface area (Å²) in [6, 6.07) is 0.548. The third-order valence-electron chi connectivity index (χ3n) is 4.21. The Labute approximate surface area is 114 Å². The number of imidazole rings is 1. The van der Waals surface area contributed by atoms with Crippen LogP contribution in [0.4, 0.5) is 5.95 Å². The first-order valence-corrected chi connectivity index (χ1v) is 8.96. The topological polar surface area (TPSA) is 64.0 Å². The third kappa shape index (κ3) is 2.94. The number of hydrogen-bond acceptors (Lipinski definition) is 4. The van der Waals surface area contributed by atoms with Crippen LogP contribution < -0.4 is 5.32 Å². The number of sulfone groups is 1. The molecule has 3 rings (SSSR count). The van der Waals surface area contributed by atoms with Crippen LogP contribution in [0.3, 0.4) is 0 Å². The summed E-state index contributed by atoms with van der Waals surface area (Å²) in [5.41, 5.74) is 0.